The first kappa shape index (κ1) is 19.0. The molecule has 0 aromatic heterocycles. The van der Waals surface area contributed by atoms with Gasteiger partial charge in [0.15, 0.2) is 0 Å². The lowest BCUT2D eigenvalue weighted by Gasteiger charge is -2.30. The molecule has 2 aromatic carbocycles. The number of fused-ring (bicyclic) bond motifs is 1. The van der Waals surface area contributed by atoms with Crippen molar-refractivity contribution in [2.45, 2.75) is 46.5 Å². The van der Waals surface area contributed by atoms with Crippen molar-refractivity contribution in [2.75, 3.05) is 18.6 Å². The minimum absolute atomic E-state index is 0.0846. The highest BCUT2D eigenvalue weighted by Crippen LogP contribution is 2.31. The molecule has 0 fully saturated rings. The molecule has 0 N–H and O–H groups in total. The summed E-state index contributed by atoms with van der Waals surface area (Å²) in [6.07, 6.45) is 4.17. The molecule has 25 heavy (non-hydrogen) atoms. The summed E-state index contributed by atoms with van der Waals surface area (Å²) >= 11 is 0. The summed E-state index contributed by atoms with van der Waals surface area (Å²) in [4.78, 5) is 14.8. The number of carbonyl (C=O) groups excluding carboxylic acids is 1. The molecule has 3 rings (SSSR count). The lowest BCUT2D eigenvalue weighted by Crippen LogP contribution is -2.35. The van der Waals surface area contributed by atoms with Gasteiger partial charge in [-0.25, -0.2) is 0 Å². The van der Waals surface area contributed by atoms with E-state index in [4.69, 9.17) is 4.74 Å². The summed E-state index contributed by atoms with van der Waals surface area (Å²) < 4.78 is 5.29. The number of anilines is 1. The Hall–Kier alpha value is -2.29. The molecule has 0 spiro atoms. The third-order valence-electron chi connectivity index (χ3n) is 4.23. The Morgan fingerprint density at radius 1 is 1.12 bits per heavy atom. The summed E-state index contributed by atoms with van der Waals surface area (Å²) in [5.74, 6) is 0.933. The molecule has 0 radical (unpaired) electrons. The van der Waals surface area contributed by atoms with Gasteiger partial charge in [-0.05, 0) is 60.7 Å². The first-order valence-electron chi connectivity index (χ1n) is 9.22. The van der Waals surface area contributed by atoms with Gasteiger partial charge in [0, 0.05) is 17.8 Å². The Bertz CT molecular complexity index is 709. The van der Waals surface area contributed by atoms with Crippen molar-refractivity contribution in [1.29, 1.82) is 0 Å². The van der Waals surface area contributed by atoms with Crippen LogP contribution in [0.3, 0.4) is 0 Å². The molecule has 3 nitrogen and oxygen atoms in total. The maximum Gasteiger partial charge on any atom is 0.258 e. The van der Waals surface area contributed by atoms with E-state index in [1.54, 1.807) is 7.11 Å². The Balaban J connectivity index is 0.000000701. The third-order valence-corrected chi connectivity index (χ3v) is 4.23. The third kappa shape index (κ3) is 4.62. The smallest absolute Gasteiger partial charge is 0.258 e. The number of hydrogen-bond acceptors (Lipinski definition) is 2. The SMILES string of the molecule is CCC.CCc1cccc(C(=O)N2CCCc3cc(OC)ccc32)c1. The fraction of sp³-hybridized carbons (Fsp3) is 0.409. The fourth-order valence-corrected chi connectivity index (χ4v) is 2.99. The van der Waals surface area contributed by atoms with Gasteiger partial charge in [-0.15, -0.1) is 0 Å². The number of benzene rings is 2. The van der Waals surface area contributed by atoms with Crippen LogP contribution in [-0.2, 0) is 12.8 Å². The first-order valence-corrected chi connectivity index (χ1v) is 9.22. The number of rotatable bonds is 3. The van der Waals surface area contributed by atoms with Crippen molar-refractivity contribution in [3.63, 3.8) is 0 Å². The Labute approximate surface area is 151 Å². The number of aryl methyl sites for hydroxylation is 2. The molecule has 0 saturated carbocycles. The minimum Gasteiger partial charge on any atom is -0.497 e. The highest BCUT2D eigenvalue weighted by molar-refractivity contribution is 6.06. The number of nitrogens with zero attached hydrogens (tertiary/aromatic N) is 1. The van der Waals surface area contributed by atoms with Crippen LogP contribution >= 0.6 is 0 Å². The van der Waals surface area contributed by atoms with Crippen LogP contribution < -0.4 is 9.64 Å². The highest BCUT2D eigenvalue weighted by atomic mass is 16.5. The summed E-state index contributed by atoms with van der Waals surface area (Å²) in [5, 5.41) is 0. The Morgan fingerprint density at radius 3 is 2.56 bits per heavy atom. The van der Waals surface area contributed by atoms with E-state index in [-0.39, 0.29) is 5.91 Å². The maximum absolute atomic E-state index is 12.9. The van der Waals surface area contributed by atoms with Crippen molar-refractivity contribution in [3.8, 4) is 5.75 Å². The van der Waals surface area contributed by atoms with Gasteiger partial charge in [0.25, 0.3) is 5.91 Å². The van der Waals surface area contributed by atoms with E-state index < -0.39 is 0 Å². The summed E-state index contributed by atoms with van der Waals surface area (Å²) in [6.45, 7) is 7.13. The van der Waals surface area contributed by atoms with Crippen LogP contribution in [0, 0.1) is 0 Å². The van der Waals surface area contributed by atoms with Gasteiger partial charge in [-0.3, -0.25) is 4.79 Å². The second kappa shape index (κ2) is 9.26. The fourth-order valence-electron chi connectivity index (χ4n) is 2.99. The summed E-state index contributed by atoms with van der Waals surface area (Å²) in [7, 11) is 1.67. The number of hydrogen-bond donors (Lipinski definition) is 0. The van der Waals surface area contributed by atoms with Crippen LogP contribution in [0.25, 0.3) is 0 Å². The van der Waals surface area contributed by atoms with Gasteiger partial charge in [0.2, 0.25) is 0 Å². The number of amides is 1. The van der Waals surface area contributed by atoms with Crippen molar-refractivity contribution >= 4 is 11.6 Å². The Kier molecular flexibility index (Phi) is 7.05. The molecule has 1 heterocycles. The summed E-state index contributed by atoms with van der Waals surface area (Å²) in [5.41, 5.74) is 4.16. The van der Waals surface area contributed by atoms with Crippen LogP contribution in [0.1, 0.15) is 55.1 Å². The van der Waals surface area contributed by atoms with Gasteiger partial charge >= 0.3 is 0 Å². The van der Waals surface area contributed by atoms with Gasteiger partial charge in [-0.1, -0.05) is 39.3 Å². The van der Waals surface area contributed by atoms with Crippen molar-refractivity contribution < 1.29 is 9.53 Å². The van der Waals surface area contributed by atoms with Gasteiger partial charge in [0.05, 0.1) is 7.11 Å². The zero-order valence-electron chi connectivity index (χ0n) is 15.8. The second-order valence-corrected chi connectivity index (χ2v) is 6.32. The van der Waals surface area contributed by atoms with E-state index in [0.717, 1.165) is 42.8 Å². The zero-order valence-corrected chi connectivity index (χ0v) is 15.8. The van der Waals surface area contributed by atoms with Gasteiger partial charge in [0.1, 0.15) is 5.75 Å². The van der Waals surface area contributed by atoms with E-state index in [1.165, 1.54) is 17.5 Å². The number of carbonyl (C=O) groups is 1. The average molecular weight is 339 g/mol. The molecule has 0 saturated heterocycles. The monoisotopic (exact) mass is 339 g/mol. The molecule has 134 valence electrons. The van der Waals surface area contributed by atoms with E-state index in [1.807, 2.05) is 41.3 Å². The quantitative estimate of drug-likeness (QED) is 0.762. The van der Waals surface area contributed by atoms with Crippen molar-refractivity contribution in [1.82, 2.24) is 0 Å². The molecule has 2 aromatic rings. The van der Waals surface area contributed by atoms with Crippen LogP contribution in [0.5, 0.6) is 5.75 Å². The maximum atomic E-state index is 12.9. The molecular weight excluding hydrogens is 310 g/mol. The lowest BCUT2D eigenvalue weighted by molar-refractivity contribution is 0.0985. The van der Waals surface area contributed by atoms with Gasteiger partial charge < -0.3 is 9.64 Å². The van der Waals surface area contributed by atoms with Gasteiger partial charge in [-0.2, -0.15) is 0 Å². The van der Waals surface area contributed by atoms with Crippen LogP contribution in [0.4, 0.5) is 5.69 Å². The molecule has 3 heteroatoms. The topological polar surface area (TPSA) is 29.5 Å². The molecule has 1 aliphatic rings. The summed E-state index contributed by atoms with van der Waals surface area (Å²) in [6, 6.07) is 13.9. The van der Waals surface area contributed by atoms with Crippen molar-refractivity contribution in [3.05, 3.63) is 59.2 Å². The molecular formula is C22H29NO2. The predicted octanol–water partition coefficient (Wildman–Crippen LogP) is 5.27. The minimum atomic E-state index is 0.0846. The normalized spacial score (nSPS) is 12.7. The van der Waals surface area contributed by atoms with Crippen molar-refractivity contribution in [2.24, 2.45) is 0 Å². The molecule has 0 unspecified atom stereocenters. The van der Waals surface area contributed by atoms with E-state index in [0.29, 0.717) is 0 Å². The van der Waals surface area contributed by atoms with E-state index in [9.17, 15) is 4.79 Å². The molecule has 0 atom stereocenters. The molecule has 1 aliphatic heterocycles. The predicted molar refractivity (Wildman–Crippen MR) is 105 cm³/mol. The van der Waals surface area contributed by atoms with E-state index >= 15 is 0 Å². The van der Waals surface area contributed by atoms with Crippen LogP contribution in [0.15, 0.2) is 42.5 Å². The lowest BCUT2D eigenvalue weighted by atomic mass is 10.00. The standard InChI is InChI=1S/C19H21NO2.C3H8/c1-3-14-6-4-7-16(12-14)19(21)20-11-5-8-15-13-17(22-2)9-10-18(15)20;1-3-2/h4,6-7,9-10,12-13H,3,5,8,11H2,1-2H3;3H2,1-2H3. The molecule has 0 aliphatic carbocycles. The first-order chi connectivity index (χ1) is 12.1. The largest absolute Gasteiger partial charge is 0.497 e. The second-order valence-electron chi connectivity index (χ2n) is 6.32. The average Bonchev–Trinajstić information content (AvgIpc) is 2.67. The molecule has 0 bridgehead atoms. The number of ether oxygens (including phenoxy) is 1. The van der Waals surface area contributed by atoms with Crippen LogP contribution in [-0.4, -0.2) is 19.6 Å². The van der Waals surface area contributed by atoms with Crippen LogP contribution in [0.2, 0.25) is 0 Å². The number of methoxy groups -OCH3 is 1. The molecule has 1 amide bonds. The highest BCUT2D eigenvalue weighted by Gasteiger charge is 2.24. The zero-order chi connectivity index (χ0) is 18.2. The Morgan fingerprint density at radius 2 is 1.88 bits per heavy atom. The van der Waals surface area contributed by atoms with E-state index in [2.05, 4.69) is 26.8 Å².